The lowest BCUT2D eigenvalue weighted by molar-refractivity contribution is 0.369. The van der Waals surface area contributed by atoms with Crippen molar-refractivity contribution in [1.29, 1.82) is 0 Å². The number of nitrogens with zero attached hydrogens (tertiary/aromatic N) is 4. The lowest BCUT2D eigenvalue weighted by atomic mass is 9.99. The van der Waals surface area contributed by atoms with Gasteiger partial charge in [-0.25, -0.2) is 4.98 Å². The molecule has 1 N–H and O–H groups in total. The van der Waals surface area contributed by atoms with E-state index in [4.69, 9.17) is 4.98 Å². The number of fused-ring (bicyclic) bond motifs is 1. The Kier molecular flexibility index (Phi) is 4.29. The molecular weight excluding hydrogens is 262 g/mol. The van der Waals surface area contributed by atoms with Crippen molar-refractivity contribution < 1.29 is 0 Å². The molecule has 2 heterocycles. The van der Waals surface area contributed by atoms with Crippen LogP contribution in [-0.2, 0) is 0 Å². The molecule has 2 aromatic rings. The minimum absolute atomic E-state index is 0.370. The fraction of sp³-hybridized carbons (Fsp3) is 0.562. The van der Waals surface area contributed by atoms with Crippen LogP contribution >= 0.6 is 0 Å². The van der Waals surface area contributed by atoms with Crippen LogP contribution in [-0.4, -0.2) is 40.9 Å². The highest BCUT2D eigenvalue weighted by Crippen LogP contribution is 2.19. The maximum absolute atomic E-state index is 4.69. The van der Waals surface area contributed by atoms with Crippen LogP contribution in [0.2, 0.25) is 0 Å². The highest BCUT2D eigenvalue weighted by molar-refractivity contribution is 5.74. The first-order chi connectivity index (χ1) is 10.2. The Hall–Kier alpha value is -1.75. The van der Waals surface area contributed by atoms with E-state index in [1.54, 1.807) is 0 Å². The molecule has 0 aliphatic carbocycles. The first-order valence-electron chi connectivity index (χ1n) is 7.81. The molecule has 0 saturated carbocycles. The van der Waals surface area contributed by atoms with E-state index in [1.165, 1.54) is 12.8 Å². The van der Waals surface area contributed by atoms with Gasteiger partial charge in [-0.15, -0.1) is 10.2 Å². The highest BCUT2D eigenvalue weighted by atomic mass is 15.3. The fourth-order valence-electron chi connectivity index (χ4n) is 2.88. The number of nitrogens with one attached hydrogen (secondary N) is 1. The van der Waals surface area contributed by atoms with Gasteiger partial charge in [0.15, 0.2) is 0 Å². The molecule has 5 heteroatoms. The molecule has 1 fully saturated rings. The quantitative estimate of drug-likeness (QED) is 0.933. The third kappa shape index (κ3) is 3.29. The number of anilines is 1. The molecule has 1 aliphatic rings. The highest BCUT2D eigenvalue weighted by Gasteiger charge is 2.21. The lowest BCUT2D eigenvalue weighted by Crippen LogP contribution is -2.42. The Balaban J connectivity index is 1.84. The van der Waals surface area contributed by atoms with Crippen LogP contribution < -0.4 is 10.2 Å². The Morgan fingerprint density at radius 2 is 2.05 bits per heavy atom. The molecule has 1 aromatic heterocycles. The van der Waals surface area contributed by atoms with Crippen LogP contribution in [0, 0.1) is 5.92 Å². The van der Waals surface area contributed by atoms with Gasteiger partial charge in [0.05, 0.1) is 5.52 Å². The first-order valence-corrected chi connectivity index (χ1v) is 7.81. The van der Waals surface area contributed by atoms with Crippen LogP contribution in [0.15, 0.2) is 24.3 Å². The van der Waals surface area contributed by atoms with Gasteiger partial charge in [0.1, 0.15) is 5.52 Å². The normalized spacial score (nSPS) is 19.1. The molecule has 1 aliphatic heterocycles. The summed E-state index contributed by atoms with van der Waals surface area (Å²) in [6.07, 6.45) is 2.53. The summed E-state index contributed by atoms with van der Waals surface area (Å²) < 4.78 is 0. The van der Waals surface area contributed by atoms with E-state index < -0.39 is 0 Å². The summed E-state index contributed by atoms with van der Waals surface area (Å²) in [5.41, 5.74) is 1.76. The molecule has 0 spiro atoms. The summed E-state index contributed by atoms with van der Waals surface area (Å²) in [6.45, 7) is 7.60. The second-order valence-corrected chi connectivity index (χ2v) is 6.06. The van der Waals surface area contributed by atoms with Gasteiger partial charge in [0, 0.05) is 12.6 Å². The van der Waals surface area contributed by atoms with E-state index in [0.29, 0.717) is 12.0 Å². The van der Waals surface area contributed by atoms with Crippen LogP contribution in [0.1, 0.15) is 26.7 Å². The number of hydrogen-bond acceptors (Lipinski definition) is 5. The van der Waals surface area contributed by atoms with Gasteiger partial charge >= 0.3 is 0 Å². The first kappa shape index (κ1) is 14.2. The van der Waals surface area contributed by atoms with Crippen LogP contribution in [0.5, 0.6) is 0 Å². The van der Waals surface area contributed by atoms with Crippen LogP contribution in [0.4, 0.5) is 5.95 Å². The summed E-state index contributed by atoms with van der Waals surface area (Å²) in [7, 11) is 0. The van der Waals surface area contributed by atoms with Gasteiger partial charge in [0.2, 0.25) is 5.95 Å². The molecule has 5 nitrogen and oxygen atoms in total. The summed E-state index contributed by atoms with van der Waals surface area (Å²) >= 11 is 0. The molecule has 112 valence electrons. The maximum Gasteiger partial charge on any atom is 0.246 e. The third-order valence-corrected chi connectivity index (χ3v) is 4.08. The second-order valence-electron chi connectivity index (χ2n) is 6.06. The predicted molar refractivity (Wildman–Crippen MR) is 85.4 cm³/mol. The second kappa shape index (κ2) is 6.35. The van der Waals surface area contributed by atoms with E-state index in [9.17, 15) is 0 Å². The van der Waals surface area contributed by atoms with Gasteiger partial charge in [-0.05, 0) is 57.8 Å². The minimum atomic E-state index is 0.370. The minimum Gasteiger partial charge on any atom is -0.337 e. The van der Waals surface area contributed by atoms with Gasteiger partial charge < -0.3 is 10.2 Å². The van der Waals surface area contributed by atoms with Crippen molar-refractivity contribution >= 4 is 17.0 Å². The van der Waals surface area contributed by atoms with Crippen LogP contribution in [0.3, 0.4) is 0 Å². The Morgan fingerprint density at radius 1 is 1.24 bits per heavy atom. The van der Waals surface area contributed by atoms with Crippen molar-refractivity contribution in [3.63, 3.8) is 0 Å². The average molecular weight is 285 g/mol. The van der Waals surface area contributed by atoms with Crippen molar-refractivity contribution in [3.8, 4) is 0 Å². The molecule has 21 heavy (non-hydrogen) atoms. The molecule has 0 amide bonds. The van der Waals surface area contributed by atoms with E-state index >= 15 is 0 Å². The number of aromatic nitrogens is 3. The maximum atomic E-state index is 4.69. The summed E-state index contributed by atoms with van der Waals surface area (Å²) in [5.74, 6) is 1.41. The molecule has 0 radical (unpaired) electrons. The number of piperidine rings is 1. The zero-order chi connectivity index (χ0) is 14.7. The van der Waals surface area contributed by atoms with Crippen molar-refractivity contribution in [2.75, 3.05) is 24.5 Å². The van der Waals surface area contributed by atoms with E-state index in [1.807, 2.05) is 24.3 Å². The number of para-hydroxylation sites is 1. The van der Waals surface area contributed by atoms with Crippen molar-refractivity contribution in [3.05, 3.63) is 24.3 Å². The van der Waals surface area contributed by atoms with E-state index in [2.05, 4.69) is 34.3 Å². The van der Waals surface area contributed by atoms with E-state index in [0.717, 1.165) is 36.6 Å². The summed E-state index contributed by atoms with van der Waals surface area (Å²) in [4.78, 5) is 6.97. The van der Waals surface area contributed by atoms with Crippen molar-refractivity contribution in [1.82, 2.24) is 20.5 Å². The molecule has 0 bridgehead atoms. The monoisotopic (exact) mass is 285 g/mol. The van der Waals surface area contributed by atoms with Crippen molar-refractivity contribution in [2.45, 2.75) is 32.7 Å². The summed E-state index contributed by atoms with van der Waals surface area (Å²) in [6, 6.07) is 8.27. The molecule has 1 saturated heterocycles. The van der Waals surface area contributed by atoms with Gasteiger partial charge in [-0.1, -0.05) is 12.1 Å². The third-order valence-electron chi connectivity index (χ3n) is 4.08. The zero-order valence-corrected chi connectivity index (χ0v) is 12.8. The molecule has 1 atom stereocenters. The molecule has 1 unspecified atom stereocenters. The molecule has 3 rings (SSSR count). The number of hydrogen-bond donors (Lipinski definition) is 1. The number of benzene rings is 1. The van der Waals surface area contributed by atoms with Gasteiger partial charge in [-0.2, -0.15) is 0 Å². The Labute approximate surface area is 125 Å². The van der Waals surface area contributed by atoms with Crippen LogP contribution in [0.25, 0.3) is 11.0 Å². The van der Waals surface area contributed by atoms with Gasteiger partial charge in [-0.3, -0.25) is 0 Å². The van der Waals surface area contributed by atoms with E-state index in [-0.39, 0.29) is 0 Å². The Morgan fingerprint density at radius 3 is 2.76 bits per heavy atom. The smallest absolute Gasteiger partial charge is 0.246 e. The average Bonchev–Trinajstić information content (AvgIpc) is 2.53. The largest absolute Gasteiger partial charge is 0.337 e. The fourth-order valence-corrected chi connectivity index (χ4v) is 2.88. The lowest BCUT2D eigenvalue weighted by Gasteiger charge is -2.32. The summed E-state index contributed by atoms with van der Waals surface area (Å²) in [5, 5.41) is 12.1. The SMILES string of the molecule is CC(C)N(CC1CCCNC1)c1nnc2ccccc2n1. The predicted octanol–water partition coefficient (Wildman–Crippen LogP) is 2.24. The zero-order valence-electron chi connectivity index (χ0n) is 12.8. The standard InChI is InChI=1S/C16H23N5/c1-12(2)21(11-13-6-5-9-17-10-13)16-18-14-7-3-4-8-15(14)19-20-16/h3-4,7-8,12-13,17H,5-6,9-11H2,1-2H3. The molecular formula is C16H23N5. The topological polar surface area (TPSA) is 53.9 Å². The van der Waals surface area contributed by atoms with Crippen molar-refractivity contribution in [2.24, 2.45) is 5.92 Å². The van der Waals surface area contributed by atoms with Gasteiger partial charge in [0.25, 0.3) is 0 Å². The number of rotatable bonds is 4. The Bertz CT molecular complexity index is 592. The molecule has 1 aromatic carbocycles.